The third kappa shape index (κ3) is 3.32. The summed E-state index contributed by atoms with van der Waals surface area (Å²) in [5.74, 6) is 0.136. The van der Waals surface area contributed by atoms with Gasteiger partial charge in [0.2, 0.25) is 0 Å². The van der Waals surface area contributed by atoms with Gasteiger partial charge in [0.15, 0.2) is 0 Å². The first-order chi connectivity index (χ1) is 8.20. The van der Waals surface area contributed by atoms with Crippen molar-refractivity contribution in [3.63, 3.8) is 0 Å². The van der Waals surface area contributed by atoms with E-state index in [0.29, 0.717) is 24.6 Å². The molecule has 0 aliphatic carbocycles. The van der Waals surface area contributed by atoms with Crippen molar-refractivity contribution < 1.29 is 9.13 Å². The van der Waals surface area contributed by atoms with Crippen LogP contribution in [-0.2, 0) is 11.3 Å². The van der Waals surface area contributed by atoms with E-state index < -0.39 is 0 Å². The Kier molecular flexibility index (Phi) is 4.62. The number of benzene rings is 1. The van der Waals surface area contributed by atoms with E-state index in [1.165, 1.54) is 0 Å². The monoisotopic (exact) mass is 277 g/mol. The van der Waals surface area contributed by atoms with E-state index in [0.717, 1.165) is 13.1 Å². The Hall–Kier alpha value is -0.350. The Labute approximate surface area is 110 Å². The molecule has 1 aromatic carbocycles. The number of halogens is 3. The summed E-state index contributed by atoms with van der Waals surface area (Å²) in [6.07, 6.45) is 0.0349. The van der Waals surface area contributed by atoms with Crippen molar-refractivity contribution in [3.05, 3.63) is 34.6 Å². The smallest absolute Gasteiger partial charge is 0.146 e. The van der Waals surface area contributed by atoms with Gasteiger partial charge in [0.1, 0.15) is 5.82 Å². The Morgan fingerprint density at radius 1 is 1.47 bits per heavy atom. The predicted molar refractivity (Wildman–Crippen MR) is 67.1 cm³/mol. The first-order valence-corrected chi connectivity index (χ1v) is 6.44. The zero-order valence-electron chi connectivity index (χ0n) is 9.33. The molecule has 0 amide bonds. The van der Waals surface area contributed by atoms with E-state index in [2.05, 4.69) is 4.90 Å². The van der Waals surface area contributed by atoms with Crippen LogP contribution in [0.5, 0.6) is 0 Å². The minimum atomic E-state index is -0.330. The minimum absolute atomic E-state index is 0.0349. The molecule has 1 atom stereocenters. The Bertz CT molecular complexity index is 389. The van der Waals surface area contributed by atoms with Gasteiger partial charge in [-0.3, -0.25) is 4.90 Å². The minimum Gasteiger partial charge on any atom is -0.374 e. The predicted octanol–water partition coefficient (Wildman–Crippen LogP) is 2.92. The van der Waals surface area contributed by atoms with Crippen molar-refractivity contribution in [3.8, 4) is 0 Å². The highest BCUT2D eigenvalue weighted by molar-refractivity contribution is 6.30. The van der Waals surface area contributed by atoms with Gasteiger partial charge in [0.25, 0.3) is 0 Å². The van der Waals surface area contributed by atoms with Crippen LogP contribution in [-0.4, -0.2) is 36.6 Å². The van der Waals surface area contributed by atoms with Gasteiger partial charge < -0.3 is 4.74 Å². The molecule has 0 aromatic heterocycles. The quantitative estimate of drug-likeness (QED) is 0.788. The van der Waals surface area contributed by atoms with Gasteiger partial charge in [0.05, 0.1) is 17.7 Å². The van der Waals surface area contributed by atoms with Crippen LogP contribution in [0, 0.1) is 5.82 Å². The molecule has 17 heavy (non-hydrogen) atoms. The maximum Gasteiger partial charge on any atom is 0.146 e. The molecule has 0 radical (unpaired) electrons. The Balaban J connectivity index is 2.02. The van der Waals surface area contributed by atoms with E-state index in [1.54, 1.807) is 18.2 Å². The van der Waals surface area contributed by atoms with Crippen molar-refractivity contribution in [1.82, 2.24) is 4.90 Å². The second-order valence-corrected chi connectivity index (χ2v) is 4.81. The van der Waals surface area contributed by atoms with Crippen LogP contribution >= 0.6 is 23.2 Å². The van der Waals surface area contributed by atoms with Gasteiger partial charge in [-0.05, 0) is 6.07 Å². The fourth-order valence-electron chi connectivity index (χ4n) is 1.93. The van der Waals surface area contributed by atoms with Gasteiger partial charge in [-0.15, -0.1) is 11.6 Å². The molecule has 94 valence electrons. The van der Waals surface area contributed by atoms with Crippen molar-refractivity contribution >= 4 is 23.2 Å². The van der Waals surface area contributed by atoms with Gasteiger partial charge in [-0.1, -0.05) is 23.7 Å². The largest absolute Gasteiger partial charge is 0.374 e. The molecule has 1 aliphatic rings. The second kappa shape index (κ2) is 6.01. The average molecular weight is 278 g/mol. The van der Waals surface area contributed by atoms with Crippen LogP contribution in [0.1, 0.15) is 5.56 Å². The summed E-state index contributed by atoms with van der Waals surface area (Å²) in [6, 6.07) is 5.08. The van der Waals surface area contributed by atoms with E-state index in [9.17, 15) is 4.39 Å². The van der Waals surface area contributed by atoms with Crippen molar-refractivity contribution in [1.29, 1.82) is 0 Å². The highest BCUT2D eigenvalue weighted by atomic mass is 35.5. The average Bonchev–Trinajstić information content (AvgIpc) is 2.35. The van der Waals surface area contributed by atoms with E-state index in [1.807, 2.05) is 0 Å². The highest BCUT2D eigenvalue weighted by Crippen LogP contribution is 2.20. The lowest BCUT2D eigenvalue weighted by Crippen LogP contribution is -2.42. The maximum atomic E-state index is 13.7. The number of hydrogen-bond acceptors (Lipinski definition) is 2. The topological polar surface area (TPSA) is 12.5 Å². The molecule has 0 saturated carbocycles. The molecule has 0 bridgehead atoms. The van der Waals surface area contributed by atoms with E-state index >= 15 is 0 Å². The van der Waals surface area contributed by atoms with Crippen molar-refractivity contribution in [2.75, 3.05) is 25.6 Å². The molecule has 1 saturated heterocycles. The summed E-state index contributed by atoms with van der Waals surface area (Å²) < 4.78 is 19.2. The first kappa shape index (κ1) is 13.1. The van der Waals surface area contributed by atoms with Crippen LogP contribution in [0.15, 0.2) is 18.2 Å². The maximum absolute atomic E-state index is 13.7. The lowest BCUT2D eigenvalue weighted by atomic mass is 10.2. The van der Waals surface area contributed by atoms with Crippen LogP contribution in [0.4, 0.5) is 4.39 Å². The summed E-state index contributed by atoms with van der Waals surface area (Å²) in [5.41, 5.74) is 0.618. The van der Waals surface area contributed by atoms with Gasteiger partial charge in [-0.2, -0.15) is 0 Å². The normalized spacial score (nSPS) is 21.7. The number of nitrogens with zero attached hydrogens (tertiary/aromatic N) is 1. The summed E-state index contributed by atoms with van der Waals surface area (Å²) in [4.78, 5) is 2.13. The summed E-state index contributed by atoms with van der Waals surface area (Å²) >= 11 is 11.5. The number of hydrogen-bond donors (Lipinski definition) is 0. The Morgan fingerprint density at radius 2 is 2.29 bits per heavy atom. The number of morpholine rings is 1. The lowest BCUT2D eigenvalue weighted by Gasteiger charge is -2.32. The zero-order chi connectivity index (χ0) is 12.3. The zero-order valence-corrected chi connectivity index (χ0v) is 10.8. The van der Waals surface area contributed by atoms with Gasteiger partial charge >= 0.3 is 0 Å². The third-order valence-electron chi connectivity index (χ3n) is 2.82. The molecule has 0 spiro atoms. The molecule has 2 nitrogen and oxygen atoms in total. The van der Waals surface area contributed by atoms with Gasteiger partial charge in [0, 0.05) is 31.1 Å². The fourth-order valence-corrected chi connectivity index (χ4v) is 2.31. The van der Waals surface area contributed by atoms with Gasteiger partial charge in [-0.25, -0.2) is 4.39 Å². The molecule has 1 aromatic rings. The molecule has 2 rings (SSSR count). The van der Waals surface area contributed by atoms with Crippen LogP contribution in [0.2, 0.25) is 5.02 Å². The number of ether oxygens (including phenoxy) is 1. The Morgan fingerprint density at radius 3 is 3.06 bits per heavy atom. The third-order valence-corrected chi connectivity index (χ3v) is 3.46. The summed E-state index contributed by atoms with van der Waals surface area (Å²) in [5, 5.41) is 0.171. The van der Waals surface area contributed by atoms with Crippen molar-refractivity contribution in [2.45, 2.75) is 12.6 Å². The lowest BCUT2D eigenvalue weighted by molar-refractivity contribution is -0.0197. The summed E-state index contributed by atoms with van der Waals surface area (Å²) in [7, 11) is 0. The van der Waals surface area contributed by atoms with Crippen LogP contribution < -0.4 is 0 Å². The number of rotatable bonds is 3. The van der Waals surface area contributed by atoms with E-state index in [4.69, 9.17) is 27.9 Å². The molecule has 1 heterocycles. The molecule has 1 fully saturated rings. The fraction of sp³-hybridized carbons (Fsp3) is 0.500. The number of alkyl halides is 1. The summed E-state index contributed by atoms with van der Waals surface area (Å²) in [6.45, 7) is 2.71. The standard InChI is InChI=1S/C12H14Cl2FNO/c13-6-10-8-16(4-5-17-10)7-9-2-1-3-11(14)12(9)15/h1-3,10H,4-8H2. The van der Waals surface area contributed by atoms with Crippen LogP contribution in [0.25, 0.3) is 0 Å². The molecular formula is C12H14Cl2FNO. The second-order valence-electron chi connectivity index (χ2n) is 4.10. The molecule has 1 aliphatic heterocycles. The first-order valence-electron chi connectivity index (χ1n) is 5.53. The molecule has 5 heteroatoms. The SMILES string of the molecule is Fc1c(Cl)cccc1CN1CCOC(CCl)C1. The van der Waals surface area contributed by atoms with Crippen molar-refractivity contribution in [2.24, 2.45) is 0 Å². The highest BCUT2D eigenvalue weighted by Gasteiger charge is 2.20. The molecular weight excluding hydrogens is 264 g/mol. The van der Waals surface area contributed by atoms with Crippen LogP contribution in [0.3, 0.4) is 0 Å². The molecule has 1 unspecified atom stereocenters. The molecule has 0 N–H and O–H groups in total. The van der Waals surface area contributed by atoms with E-state index in [-0.39, 0.29) is 16.9 Å².